The van der Waals surface area contributed by atoms with Crippen molar-refractivity contribution >= 4 is 11.8 Å². The van der Waals surface area contributed by atoms with Crippen molar-refractivity contribution in [3.8, 4) is 0 Å². The molecule has 0 fully saturated rings. The summed E-state index contributed by atoms with van der Waals surface area (Å²) in [6.45, 7) is -0.670. The van der Waals surface area contributed by atoms with E-state index in [1.807, 2.05) is 0 Å². The lowest BCUT2D eigenvalue weighted by atomic mass is 9.92. The van der Waals surface area contributed by atoms with Crippen LogP contribution < -0.4 is 11.5 Å². The van der Waals surface area contributed by atoms with Crippen molar-refractivity contribution in [2.24, 2.45) is 11.5 Å². The van der Waals surface area contributed by atoms with Crippen LogP contribution in [0.1, 0.15) is 43.0 Å². The number of carbonyl (C=O) groups excluding carboxylic acids is 2. The van der Waals surface area contributed by atoms with E-state index < -0.39 is 11.8 Å². The van der Waals surface area contributed by atoms with Gasteiger partial charge in [-0.2, -0.15) is 0 Å². The minimum Gasteiger partial charge on any atom is -0.392 e. The first-order valence-corrected chi connectivity index (χ1v) is 7.02. The van der Waals surface area contributed by atoms with Gasteiger partial charge < -0.3 is 21.7 Å². The standard InChI is InChI=1S/C17H18N2O4/c18-16(22)12-5-1-3-10(14(12)8-20)7-11-4-2-6-13(17(19)23)15(11)9-21/h1-6,20-21H,7-9H2,(H2,18,22)(H2,19,23). The van der Waals surface area contributed by atoms with Crippen molar-refractivity contribution in [2.45, 2.75) is 19.6 Å². The summed E-state index contributed by atoms with van der Waals surface area (Å²) in [4.78, 5) is 22.9. The van der Waals surface area contributed by atoms with E-state index in [0.717, 1.165) is 0 Å². The molecule has 120 valence electrons. The summed E-state index contributed by atoms with van der Waals surface area (Å²) in [7, 11) is 0. The molecule has 0 bridgehead atoms. The highest BCUT2D eigenvalue weighted by atomic mass is 16.3. The Bertz CT molecular complexity index is 693. The van der Waals surface area contributed by atoms with Crippen molar-refractivity contribution in [2.75, 3.05) is 0 Å². The van der Waals surface area contributed by atoms with Gasteiger partial charge in [0.05, 0.1) is 13.2 Å². The van der Waals surface area contributed by atoms with Gasteiger partial charge in [-0.05, 0) is 40.8 Å². The molecule has 0 aromatic heterocycles. The van der Waals surface area contributed by atoms with E-state index in [-0.39, 0.29) is 24.3 Å². The second-order valence-corrected chi connectivity index (χ2v) is 5.11. The summed E-state index contributed by atoms with van der Waals surface area (Å²) in [5.74, 6) is -1.24. The molecule has 0 saturated heterocycles. The van der Waals surface area contributed by atoms with E-state index in [2.05, 4.69) is 0 Å². The monoisotopic (exact) mass is 314 g/mol. The first kappa shape index (κ1) is 16.7. The zero-order valence-corrected chi connectivity index (χ0v) is 12.5. The van der Waals surface area contributed by atoms with Crippen LogP contribution in [0.4, 0.5) is 0 Å². The zero-order valence-electron chi connectivity index (χ0n) is 12.5. The fraction of sp³-hybridized carbons (Fsp3) is 0.176. The highest BCUT2D eigenvalue weighted by Gasteiger charge is 2.16. The van der Waals surface area contributed by atoms with E-state index in [1.54, 1.807) is 36.4 Å². The number of hydrogen-bond acceptors (Lipinski definition) is 4. The number of aliphatic hydroxyl groups is 2. The first-order valence-electron chi connectivity index (χ1n) is 7.02. The van der Waals surface area contributed by atoms with E-state index >= 15 is 0 Å². The van der Waals surface area contributed by atoms with Gasteiger partial charge in [0, 0.05) is 11.1 Å². The molecule has 0 heterocycles. The lowest BCUT2D eigenvalue weighted by molar-refractivity contribution is 0.0989. The molecule has 0 atom stereocenters. The van der Waals surface area contributed by atoms with Gasteiger partial charge in [-0.25, -0.2) is 0 Å². The molecule has 6 nitrogen and oxygen atoms in total. The number of hydrogen-bond donors (Lipinski definition) is 4. The Morgan fingerprint density at radius 2 is 1.17 bits per heavy atom. The van der Waals surface area contributed by atoms with Crippen LogP contribution in [-0.2, 0) is 19.6 Å². The van der Waals surface area contributed by atoms with Crippen molar-refractivity contribution in [1.29, 1.82) is 0 Å². The molecule has 2 rings (SSSR count). The number of primary amides is 2. The van der Waals surface area contributed by atoms with Crippen molar-refractivity contribution in [1.82, 2.24) is 0 Å². The number of carbonyl (C=O) groups is 2. The largest absolute Gasteiger partial charge is 0.392 e. The Kier molecular flexibility index (Phi) is 5.10. The maximum absolute atomic E-state index is 11.5. The average molecular weight is 314 g/mol. The molecule has 0 aliphatic carbocycles. The third-order valence-corrected chi connectivity index (χ3v) is 3.77. The minimum absolute atomic E-state index is 0.251. The van der Waals surface area contributed by atoms with Gasteiger partial charge in [-0.3, -0.25) is 9.59 Å². The van der Waals surface area contributed by atoms with Crippen molar-refractivity contribution in [3.63, 3.8) is 0 Å². The number of benzene rings is 2. The summed E-state index contributed by atoms with van der Waals surface area (Å²) in [6.07, 6.45) is 0.327. The van der Waals surface area contributed by atoms with Crippen LogP contribution in [0.15, 0.2) is 36.4 Å². The molecule has 0 saturated carbocycles. The summed E-state index contributed by atoms with van der Waals surface area (Å²) < 4.78 is 0. The molecule has 2 amide bonds. The van der Waals surface area contributed by atoms with Gasteiger partial charge in [-0.1, -0.05) is 24.3 Å². The van der Waals surface area contributed by atoms with Gasteiger partial charge in [0.2, 0.25) is 11.8 Å². The maximum atomic E-state index is 11.5. The number of aliphatic hydroxyl groups excluding tert-OH is 2. The molecular formula is C17H18N2O4. The van der Waals surface area contributed by atoms with Crippen molar-refractivity contribution in [3.05, 3.63) is 69.8 Å². The molecule has 6 heteroatoms. The van der Waals surface area contributed by atoms with Gasteiger partial charge in [0.15, 0.2) is 0 Å². The van der Waals surface area contributed by atoms with E-state index in [1.165, 1.54) is 0 Å². The predicted octanol–water partition coefficient (Wildman–Crippen LogP) is 0.460. The molecule has 23 heavy (non-hydrogen) atoms. The summed E-state index contributed by atoms with van der Waals surface area (Å²) in [5, 5.41) is 19.1. The van der Waals surface area contributed by atoms with Crippen LogP contribution in [0.25, 0.3) is 0 Å². The Hall–Kier alpha value is -2.70. The lowest BCUT2D eigenvalue weighted by Gasteiger charge is -2.14. The van der Waals surface area contributed by atoms with Gasteiger partial charge >= 0.3 is 0 Å². The van der Waals surface area contributed by atoms with Gasteiger partial charge in [0.1, 0.15) is 0 Å². The van der Waals surface area contributed by atoms with Crippen LogP contribution in [0.5, 0.6) is 0 Å². The van der Waals surface area contributed by atoms with E-state index in [9.17, 15) is 19.8 Å². The molecule has 0 spiro atoms. The molecular weight excluding hydrogens is 296 g/mol. The Labute approximate surface area is 133 Å². The second-order valence-electron chi connectivity index (χ2n) is 5.11. The Morgan fingerprint density at radius 3 is 1.48 bits per heavy atom. The van der Waals surface area contributed by atoms with Gasteiger partial charge in [0.25, 0.3) is 0 Å². The molecule has 0 aliphatic rings. The quantitative estimate of drug-likeness (QED) is 0.617. The van der Waals surface area contributed by atoms with E-state index in [0.29, 0.717) is 28.7 Å². The highest BCUT2D eigenvalue weighted by Crippen LogP contribution is 2.22. The summed E-state index contributed by atoms with van der Waals surface area (Å²) >= 11 is 0. The van der Waals surface area contributed by atoms with Crippen LogP contribution >= 0.6 is 0 Å². The Morgan fingerprint density at radius 1 is 0.783 bits per heavy atom. The molecule has 0 radical (unpaired) electrons. The number of amides is 2. The van der Waals surface area contributed by atoms with Crippen LogP contribution in [0.2, 0.25) is 0 Å². The summed E-state index contributed by atoms with van der Waals surface area (Å²) in [6, 6.07) is 9.96. The van der Waals surface area contributed by atoms with Crippen LogP contribution in [0, 0.1) is 0 Å². The predicted molar refractivity (Wildman–Crippen MR) is 84.6 cm³/mol. The maximum Gasteiger partial charge on any atom is 0.249 e. The molecule has 2 aromatic rings. The Balaban J connectivity index is 2.52. The normalized spacial score (nSPS) is 10.5. The molecule has 0 aliphatic heterocycles. The molecule has 2 aromatic carbocycles. The fourth-order valence-electron chi connectivity index (χ4n) is 2.64. The SMILES string of the molecule is NC(=O)c1cccc(Cc2cccc(C(N)=O)c2CO)c1CO. The zero-order chi connectivity index (χ0) is 17.0. The van der Waals surface area contributed by atoms with Crippen molar-refractivity contribution < 1.29 is 19.8 Å². The van der Waals surface area contributed by atoms with E-state index in [4.69, 9.17) is 11.5 Å². The lowest BCUT2D eigenvalue weighted by Crippen LogP contribution is -2.17. The fourth-order valence-corrected chi connectivity index (χ4v) is 2.64. The minimum atomic E-state index is -0.621. The molecule has 6 N–H and O–H groups in total. The topological polar surface area (TPSA) is 127 Å². The third-order valence-electron chi connectivity index (χ3n) is 3.77. The number of rotatable bonds is 6. The van der Waals surface area contributed by atoms with Gasteiger partial charge in [-0.15, -0.1) is 0 Å². The third kappa shape index (κ3) is 3.39. The smallest absolute Gasteiger partial charge is 0.249 e. The summed E-state index contributed by atoms with van der Waals surface area (Å²) in [5.41, 5.74) is 13.4. The van der Waals surface area contributed by atoms with Crippen LogP contribution in [0.3, 0.4) is 0 Å². The average Bonchev–Trinajstić information content (AvgIpc) is 2.54. The first-order chi connectivity index (χ1) is 11.0. The molecule has 0 unspecified atom stereocenters. The number of nitrogens with two attached hydrogens (primary N) is 2. The second kappa shape index (κ2) is 7.04. The van der Waals surface area contributed by atoms with Crippen LogP contribution in [-0.4, -0.2) is 22.0 Å². The highest BCUT2D eigenvalue weighted by molar-refractivity contribution is 5.95.